The average molecular weight is 595 g/mol. The van der Waals surface area contributed by atoms with E-state index in [0.29, 0.717) is 37.1 Å². The molecule has 5 rings (SSSR count). The summed E-state index contributed by atoms with van der Waals surface area (Å²) >= 11 is 0. The summed E-state index contributed by atoms with van der Waals surface area (Å²) in [4.78, 5) is 42.8. The minimum absolute atomic E-state index is 0.0432. The molecular weight excluding hydrogens is 548 g/mol. The number of nitrogens with one attached hydrogen (secondary N) is 1. The van der Waals surface area contributed by atoms with Crippen LogP contribution < -0.4 is 20.7 Å². The van der Waals surface area contributed by atoms with Gasteiger partial charge in [0.05, 0.1) is 6.54 Å². The lowest BCUT2D eigenvalue weighted by molar-refractivity contribution is 0.0274. The van der Waals surface area contributed by atoms with Gasteiger partial charge in [0.2, 0.25) is 5.88 Å². The number of carbonyl (C=O) groups excluding carboxylic acids is 2. The smallest absolute Gasteiger partial charge is 0.410 e. The summed E-state index contributed by atoms with van der Waals surface area (Å²) in [5.41, 5.74) is 7.52. The monoisotopic (exact) mass is 594 g/mol. The van der Waals surface area contributed by atoms with Crippen LogP contribution in [0.25, 0.3) is 0 Å². The number of likely N-dealkylation sites (N-methyl/N-ethyl adjacent to an activating group) is 1. The van der Waals surface area contributed by atoms with Crippen LogP contribution in [0.2, 0.25) is 0 Å². The number of carbonyl (C=O) groups is 2. The van der Waals surface area contributed by atoms with Crippen molar-refractivity contribution in [1.29, 1.82) is 0 Å². The predicted molar refractivity (Wildman–Crippen MR) is 166 cm³/mol. The SMILES string of the molecule is Cc1nc(C(N)=O)c(Nc2ccc(N3CCC(N4CCN(C)CC4)CC3)cc2)nc1O[C@@H]1CCN(C(=O)OC(C)(C)C)C1. The van der Waals surface area contributed by atoms with E-state index in [1.165, 1.54) is 18.5 Å². The lowest BCUT2D eigenvalue weighted by atomic mass is 10.0. The second-order valence-corrected chi connectivity index (χ2v) is 12.9. The average Bonchev–Trinajstić information content (AvgIpc) is 3.43. The summed E-state index contributed by atoms with van der Waals surface area (Å²) in [6.07, 6.45) is 2.34. The Kier molecular flexibility index (Phi) is 9.26. The molecule has 0 spiro atoms. The van der Waals surface area contributed by atoms with E-state index < -0.39 is 11.5 Å². The molecule has 234 valence electrons. The number of nitrogens with two attached hydrogens (primary N) is 1. The van der Waals surface area contributed by atoms with Gasteiger partial charge in [-0.05, 0) is 71.8 Å². The highest BCUT2D eigenvalue weighted by Gasteiger charge is 2.32. The Hall–Kier alpha value is -3.64. The Labute approximate surface area is 254 Å². The highest BCUT2D eigenvalue weighted by atomic mass is 16.6. The van der Waals surface area contributed by atoms with Crippen LogP contribution in [0.5, 0.6) is 5.88 Å². The maximum absolute atomic E-state index is 12.5. The minimum atomic E-state index is -0.679. The van der Waals surface area contributed by atoms with Crippen molar-refractivity contribution < 1.29 is 19.1 Å². The minimum Gasteiger partial charge on any atom is -0.471 e. The van der Waals surface area contributed by atoms with Crippen molar-refractivity contribution in [3.8, 4) is 5.88 Å². The highest BCUT2D eigenvalue weighted by Crippen LogP contribution is 2.28. The van der Waals surface area contributed by atoms with Crippen molar-refractivity contribution in [2.45, 2.75) is 64.7 Å². The van der Waals surface area contributed by atoms with E-state index in [-0.39, 0.29) is 23.7 Å². The molecule has 3 aliphatic heterocycles. The lowest BCUT2D eigenvalue weighted by Crippen LogP contribution is -2.52. The third-order valence-corrected chi connectivity index (χ3v) is 8.35. The Balaban J connectivity index is 1.21. The topological polar surface area (TPSA) is 129 Å². The first-order chi connectivity index (χ1) is 20.4. The van der Waals surface area contributed by atoms with Gasteiger partial charge in [-0.3, -0.25) is 9.69 Å². The summed E-state index contributed by atoms with van der Waals surface area (Å²) < 4.78 is 11.6. The largest absolute Gasteiger partial charge is 0.471 e. The lowest BCUT2D eigenvalue weighted by Gasteiger charge is -2.42. The molecule has 3 aliphatic rings. The van der Waals surface area contributed by atoms with E-state index in [0.717, 1.165) is 45.0 Å². The number of rotatable bonds is 7. The van der Waals surface area contributed by atoms with Crippen molar-refractivity contribution in [2.24, 2.45) is 5.73 Å². The Morgan fingerprint density at radius 3 is 2.26 bits per heavy atom. The molecule has 12 nitrogen and oxygen atoms in total. The number of primary amides is 1. The van der Waals surface area contributed by atoms with Crippen molar-refractivity contribution >= 4 is 29.2 Å². The quantitative estimate of drug-likeness (QED) is 0.493. The van der Waals surface area contributed by atoms with E-state index in [9.17, 15) is 9.59 Å². The Morgan fingerprint density at radius 2 is 1.63 bits per heavy atom. The standard InChI is InChI=1S/C31H46N8O4/c1-21-29(42-25-12-15-39(20-25)30(41)43-31(2,3)4)35-28(26(33-21)27(32)40)34-22-6-8-23(9-7-22)37-13-10-24(11-14-37)38-18-16-36(5)17-19-38/h6-9,24-25H,10-20H2,1-5H3,(H2,32,40)(H,34,35)/t25-/m1/s1. The molecule has 3 N–H and O–H groups in total. The zero-order valence-electron chi connectivity index (χ0n) is 26.1. The first-order valence-corrected chi connectivity index (χ1v) is 15.3. The maximum atomic E-state index is 12.5. The number of ether oxygens (including phenoxy) is 2. The normalized spacial score (nSPS) is 20.7. The number of amides is 2. The predicted octanol–water partition coefficient (Wildman–Crippen LogP) is 3.23. The highest BCUT2D eigenvalue weighted by molar-refractivity contribution is 5.96. The molecule has 0 aliphatic carbocycles. The maximum Gasteiger partial charge on any atom is 0.410 e. The fraction of sp³-hybridized carbons (Fsp3) is 0.613. The molecule has 0 saturated carbocycles. The first-order valence-electron chi connectivity index (χ1n) is 15.3. The molecule has 3 fully saturated rings. The molecule has 0 radical (unpaired) electrons. The van der Waals surface area contributed by atoms with Crippen LogP contribution >= 0.6 is 0 Å². The molecule has 1 aromatic heterocycles. The van der Waals surface area contributed by atoms with E-state index in [4.69, 9.17) is 15.2 Å². The van der Waals surface area contributed by atoms with Crippen molar-refractivity contribution in [3.05, 3.63) is 35.7 Å². The molecule has 3 saturated heterocycles. The number of benzene rings is 1. The number of likely N-dealkylation sites (tertiary alicyclic amines) is 1. The number of hydrogen-bond donors (Lipinski definition) is 2. The Bertz CT molecular complexity index is 1280. The number of piperazine rings is 1. The van der Waals surface area contributed by atoms with Crippen LogP contribution in [0.1, 0.15) is 56.2 Å². The van der Waals surface area contributed by atoms with Gasteiger partial charge in [0.1, 0.15) is 17.4 Å². The van der Waals surface area contributed by atoms with E-state index in [1.807, 2.05) is 32.9 Å². The summed E-state index contributed by atoms with van der Waals surface area (Å²) in [6.45, 7) is 14.8. The van der Waals surface area contributed by atoms with Crippen LogP contribution in [-0.4, -0.2) is 114 Å². The third-order valence-electron chi connectivity index (χ3n) is 8.35. The van der Waals surface area contributed by atoms with Gasteiger partial charge < -0.3 is 35.2 Å². The van der Waals surface area contributed by atoms with Crippen LogP contribution in [0.15, 0.2) is 24.3 Å². The van der Waals surface area contributed by atoms with Crippen LogP contribution in [0, 0.1) is 6.92 Å². The second kappa shape index (κ2) is 12.9. The number of aromatic nitrogens is 2. The van der Waals surface area contributed by atoms with E-state index in [2.05, 4.69) is 49.2 Å². The third kappa shape index (κ3) is 7.85. The Morgan fingerprint density at radius 1 is 0.953 bits per heavy atom. The van der Waals surface area contributed by atoms with E-state index >= 15 is 0 Å². The molecule has 43 heavy (non-hydrogen) atoms. The zero-order chi connectivity index (χ0) is 30.7. The van der Waals surface area contributed by atoms with Gasteiger partial charge in [-0.1, -0.05) is 0 Å². The molecule has 2 aromatic rings. The van der Waals surface area contributed by atoms with E-state index in [1.54, 1.807) is 11.8 Å². The van der Waals surface area contributed by atoms with Gasteiger partial charge >= 0.3 is 6.09 Å². The zero-order valence-corrected chi connectivity index (χ0v) is 26.1. The van der Waals surface area contributed by atoms with Gasteiger partial charge in [0, 0.05) is 69.7 Å². The fourth-order valence-electron chi connectivity index (χ4n) is 5.92. The molecule has 2 amide bonds. The number of aryl methyl sites for hydroxylation is 1. The second-order valence-electron chi connectivity index (χ2n) is 12.9. The number of nitrogens with zero attached hydrogens (tertiary/aromatic N) is 6. The van der Waals surface area contributed by atoms with Gasteiger partial charge in [0.15, 0.2) is 11.5 Å². The van der Waals surface area contributed by atoms with Crippen molar-refractivity contribution in [3.63, 3.8) is 0 Å². The molecule has 0 unspecified atom stereocenters. The number of anilines is 3. The van der Waals surface area contributed by atoms with Crippen molar-refractivity contribution in [2.75, 3.05) is 69.6 Å². The summed E-state index contributed by atoms with van der Waals surface area (Å²) in [7, 11) is 2.20. The number of hydrogen-bond acceptors (Lipinski definition) is 10. The van der Waals surface area contributed by atoms with Gasteiger partial charge in [0.25, 0.3) is 5.91 Å². The first kappa shape index (κ1) is 30.8. The summed E-state index contributed by atoms with van der Waals surface area (Å²) in [5.74, 6) is -0.152. The van der Waals surface area contributed by atoms with Crippen LogP contribution in [0.4, 0.5) is 22.0 Å². The molecule has 1 aromatic carbocycles. The van der Waals surface area contributed by atoms with Gasteiger partial charge in [-0.2, -0.15) is 4.98 Å². The molecule has 12 heteroatoms. The molecule has 0 bridgehead atoms. The van der Waals surface area contributed by atoms with Gasteiger partial charge in [-0.25, -0.2) is 9.78 Å². The van der Waals surface area contributed by atoms with Crippen LogP contribution in [-0.2, 0) is 4.74 Å². The fourth-order valence-corrected chi connectivity index (χ4v) is 5.92. The number of piperidine rings is 1. The summed E-state index contributed by atoms with van der Waals surface area (Å²) in [5, 5.41) is 3.21. The summed E-state index contributed by atoms with van der Waals surface area (Å²) in [6, 6.07) is 8.80. The van der Waals surface area contributed by atoms with Gasteiger partial charge in [-0.15, -0.1) is 0 Å². The molecule has 4 heterocycles. The molecule has 1 atom stereocenters. The van der Waals surface area contributed by atoms with Crippen molar-refractivity contribution in [1.82, 2.24) is 24.7 Å². The molecular formula is C31H46N8O4. The van der Waals surface area contributed by atoms with Crippen LogP contribution in [0.3, 0.4) is 0 Å².